The number of rotatable bonds is 6. The van der Waals surface area contributed by atoms with Crippen molar-refractivity contribution in [2.75, 3.05) is 4.90 Å². The van der Waals surface area contributed by atoms with Crippen LogP contribution in [0.4, 0.5) is 10.1 Å². The summed E-state index contributed by atoms with van der Waals surface area (Å²) in [6.45, 7) is 0.247. The van der Waals surface area contributed by atoms with Crippen molar-refractivity contribution in [1.82, 2.24) is 5.32 Å². The van der Waals surface area contributed by atoms with E-state index in [1.165, 1.54) is 17.0 Å². The van der Waals surface area contributed by atoms with Crippen LogP contribution in [0.3, 0.4) is 0 Å². The van der Waals surface area contributed by atoms with Gasteiger partial charge in [-0.1, -0.05) is 65.8 Å². The summed E-state index contributed by atoms with van der Waals surface area (Å²) in [5, 5.41) is 12.8. The van der Waals surface area contributed by atoms with E-state index in [0.29, 0.717) is 17.1 Å². The highest BCUT2D eigenvalue weighted by atomic mass is 35.5. The molecule has 0 saturated carbocycles. The van der Waals surface area contributed by atoms with Crippen molar-refractivity contribution in [1.29, 1.82) is 5.26 Å². The summed E-state index contributed by atoms with van der Waals surface area (Å²) in [6, 6.07) is 23.8. The van der Waals surface area contributed by atoms with Gasteiger partial charge in [0, 0.05) is 17.3 Å². The molecule has 8 heteroatoms. The molecule has 2 amide bonds. The van der Waals surface area contributed by atoms with Gasteiger partial charge in [0.1, 0.15) is 22.5 Å². The molecule has 5 nitrogen and oxygen atoms in total. The zero-order valence-corrected chi connectivity index (χ0v) is 19.4. The van der Waals surface area contributed by atoms with Gasteiger partial charge in [-0.25, -0.2) is 4.39 Å². The second kappa shape index (κ2) is 10.6. The Balaban J connectivity index is 1.66. The van der Waals surface area contributed by atoms with Gasteiger partial charge in [0.25, 0.3) is 5.91 Å². The van der Waals surface area contributed by atoms with Gasteiger partial charge < -0.3 is 5.32 Å². The molecule has 1 saturated heterocycles. The number of thioether (sulfide) groups is 1. The van der Waals surface area contributed by atoms with Crippen LogP contribution in [0.5, 0.6) is 0 Å². The van der Waals surface area contributed by atoms with E-state index in [1.807, 2.05) is 36.4 Å². The van der Waals surface area contributed by atoms with Gasteiger partial charge in [0.15, 0.2) is 0 Å². The Bertz CT molecular complexity index is 1270. The van der Waals surface area contributed by atoms with E-state index in [0.717, 1.165) is 22.9 Å². The highest BCUT2D eigenvalue weighted by molar-refractivity contribution is 8.05. The highest BCUT2D eigenvalue weighted by Gasteiger charge is 2.40. The molecule has 170 valence electrons. The lowest BCUT2D eigenvalue weighted by atomic mass is 10.1. The van der Waals surface area contributed by atoms with Crippen LogP contribution >= 0.6 is 23.4 Å². The number of nitriles is 1. The average Bonchev–Trinajstić information content (AvgIpc) is 3.16. The number of carbonyl (C=O) groups excluding carboxylic acids is 2. The molecule has 1 fully saturated rings. The zero-order valence-electron chi connectivity index (χ0n) is 17.9. The summed E-state index contributed by atoms with van der Waals surface area (Å²) in [5.41, 5.74) is 2.02. The van der Waals surface area contributed by atoms with Gasteiger partial charge in [-0.3, -0.25) is 14.5 Å². The van der Waals surface area contributed by atoms with Gasteiger partial charge in [-0.2, -0.15) is 5.26 Å². The van der Waals surface area contributed by atoms with Gasteiger partial charge >= 0.3 is 0 Å². The Morgan fingerprint density at radius 1 is 1.03 bits per heavy atom. The first-order valence-corrected chi connectivity index (χ1v) is 11.7. The van der Waals surface area contributed by atoms with E-state index in [-0.39, 0.29) is 28.9 Å². The first-order chi connectivity index (χ1) is 16.5. The SMILES string of the molecule is N#CC(C(=O)NCc1ccccc1)=C1SC(Cc2ccc(F)cc2)C(=O)N1c1ccc(Cl)cc1. The second-order valence-corrected chi connectivity index (χ2v) is 9.18. The molecule has 1 aliphatic heterocycles. The fraction of sp³-hybridized carbons (Fsp3) is 0.115. The van der Waals surface area contributed by atoms with E-state index in [1.54, 1.807) is 36.4 Å². The van der Waals surface area contributed by atoms with E-state index in [2.05, 4.69) is 5.32 Å². The molecule has 1 atom stereocenters. The van der Waals surface area contributed by atoms with E-state index in [4.69, 9.17) is 11.6 Å². The lowest BCUT2D eigenvalue weighted by molar-refractivity contribution is -0.117. The Kier molecular flexibility index (Phi) is 7.31. The third kappa shape index (κ3) is 5.30. The Morgan fingerprint density at radius 3 is 2.35 bits per heavy atom. The fourth-order valence-corrected chi connectivity index (χ4v) is 4.95. The van der Waals surface area contributed by atoms with Gasteiger partial charge in [-0.15, -0.1) is 0 Å². The number of anilines is 1. The van der Waals surface area contributed by atoms with Crippen molar-refractivity contribution in [2.24, 2.45) is 0 Å². The molecule has 3 aromatic carbocycles. The summed E-state index contributed by atoms with van der Waals surface area (Å²) >= 11 is 7.17. The predicted molar refractivity (Wildman–Crippen MR) is 131 cm³/mol. The van der Waals surface area contributed by atoms with Gasteiger partial charge in [0.2, 0.25) is 5.91 Å². The smallest absolute Gasteiger partial charge is 0.264 e. The van der Waals surface area contributed by atoms with Crippen molar-refractivity contribution >= 4 is 40.9 Å². The topological polar surface area (TPSA) is 73.2 Å². The number of benzene rings is 3. The number of hydrogen-bond acceptors (Lipinski definition) is 4. The summed E-state index contributed by atoms with van der Waals surface area (Å²) in [5.74, 6) is -1.20. The molecule has 1 heterocycles. The van der Waals surface area contributed by atoms with Crippen LogP contribution in [0.1, 0.15) is 11.1 Å². The molecule has 1 unspecified atom stereocenters. The van der Waals surface area contributed by atoms with Crippen LogP contribution in [0.15, 0.2) is 89.5 Å². The monoisotopic (exact) mass is 491 g/mol. The molecule has 4 rings (SSSR count). The molecule has 1 aliphatic rings. The Labute approximate surface area is 205 Å². The number of carbonyl (C=O) groups is 2. The molecule has 3 aromatic rings. The minimum absolute atomic E-state index is 0.147. The lowest BCUT2D eigenvalue weighted by Crippen LogP contribution is -2.32. The molecule has 0 bridgehead atoms. The molecule has 34 heavy (non-hydrogen) atoms. The van der Waals surface area contributed by atoms with Gasteiger partial charge in [-0.05, 0) is 53.9 Å². The number of halogens is 2. The molecule has 1 N–H and O–H groups in total. The first kappa shape index (κ1) is 23.6. The average molecular weight is 492 g/mol. The molecular weight excluding hydrogens is 473 g/mol. The van der Waals surface area contributed by atoms with E-state index < -0.39 is 11.2 Å². The third-order valence-electron chi connectivity index (χ3n) is 5.22. The van der Waals surface area contributed by atoms with Crippen molar-refractivity contribution in [3.05, 3.63) is 111 Å². The van der Waals surface area contributed by atoms with E-state index >= 15 is 0 Å². The highest BCUT2D eigenvalue weighted by Crippen LogP contribution is 2.42. The van der Waals surface area contributed by atoms with Crippen LogP contribution in [-0.4, -0.2) is 17.1 Å². The molecular formula is C26H19ClFN3O2S. The predicted octanol–water partition coefficient (Wildman–Crippen LogP) is 5.22. The Morgan fingerprint density at radius 2 is 1.71 bits per heavy atom. The molecule has 0 spiro atoms. The third-order valence-corrected chi connectivity index (χ3v) is 6.74. The van der Waals surface area contributed by atoms with Crippen molar-refractivity contribution in [3.63, 3.8) is 0 Å². The van der Waals surface area contributed by atoms with Crippen molar-refractivity contribution in [2.45, 2.75) is 18.2 Å². The summed E-state index contributed by atoms with van der Waals surface area (Å²) in [7, 11) is 0. The summed E-state index contributed by atoms with van der Waals surface area (Å²) in [4.78, 5) is 27.8. The minimum atomic E-state index is -0.582. The number of amides is 2. The van der Waals surface area contributed by atoms with Gasteiger partial charge in [0.05, 0.1) is 5.25 Å². The van der Waals surface area contributed by atoms with Crippen molar-refractivity contribution < 1.29 is 14.0 Å². The van der Waals surface area contributed by atoms with Crippen LogP contribution in [0.2, 0.25) is 5.02 Å². The van der Waals surface area contributed by atoms with E-state index in [9.17, 15) is 19.2 Å². The van der Waals surface area contributed by atoms with Crippen LogP contribution in [-0.2, 0) is 22.6 Å². The molecule has 0 radical (unpaired) electrons. The van der Waals surface area contributed by atoms with Crippen LogP contribution in [0.25, 0.3) is 0 Å². The second-order valence-electron chi connectivity index (χ2n) is 7.55. The number of hydrogen-bond donors (Lipinski definition) is 1. The molecule has 0 aromatic heterocycles. The summed E-state index contributed by atoms with van der Waals surface area (Å²) in [6.07, 6.45) is 0.321. The largest absolute Gasteiger partial charge is 0.347 e. The normalized spacial score (nSPS) is 16.8. The van der Waals surface area contributed by atoms with Crippen LogP contribution in [0, 0.1) is 17.1 Å². The first-order valence-electron chi connectivity index (χ1n) is 10.4. The quantitative estimate of drug-likeness (QED) is 0.379. The lowest BCUT2D eigenvalue weighted by Gasteiger charge is -2.19. The molecule has 0 aliphatic carbocycles. The Hall–Kier alpha value is -3.60. The number of nitrogens with zero attached hydrogens (tertiary/aromatic N) is 2. The minimum Gasteiger partial charge on any atom is -0.347 e. The maximum absolute atomic E-state index is 13.4. The maximum atomic E-state index is 13.4. The van der Waals surface area contributed by atoms with Crippen molar-refractivity contribution in [3.8, 4) is 6.07 Å². The standard InChI is InChI=1S/C26H19ClFN3O2S/c27-19-8-12-21(13-9-19)31-25(33)23(14-17-6-10-20(28)11-7-17)34-26(31)22(15-29)24(32)30-16-18-4-2-1-3-5-18/h1-13,23H,14,16H2,(H,30,32). The maximum Gasteiger partial charge on any atom is 0.264 e. The van der Waals surface area contributed by atoms with Crippen LogP contribution < -0.4 is 10.2 Å². The summed E-state index contributed by atoms with van der Waals surface area (Å²) < 4.78 is 13.3. The number of nitrogens with one attached hydrogen (secondary N) is 1. The fourth-order valence-electron chi connectivity index (χ4n) is 3.51. The zero-order chi connectivity index (χ0) is 24.1.